The maximum absolute atomic E-state index is 5.47. The molecule has 1 N–H and O–H groups in total. The molecule has 4 nitrogen and oxygen atoms in total. The average molecular weight is 267 g/mol. The lowest BCUT2D eigenvalue weighted by molar-refractivity contribution is -0.133. The number of hydrogen-bond acceptors (Lipinski definition) is 4. The van der Waals surface area contributed by atoms with Crippen molar-refractivity contribution in [2.24, 2.45) is 0 Å². The van der Waals surface area contributed by atoms with E-state index in [9.17, 15) is 0 Å². The van der Waals surface area contributed by atoms with Crippen LogP contribution in [0, 0.1) is 0 Å². The quantitative estimate of drug-likeness (QED) is 0.660. The number of hydrogen-bond donors (Lipinski definition) is 1. The molecule has 0 aromatic heterocycles. The van der Waals surface area contributed by atoms with Crippen LogP contribution >= 0.6 is 0 Å². The van der Waals surface area contributed by atoms with Crippen molar-refractivity contribution in [3.05, 3.63) is 35.4 Å². The Morgan fingerprint density at radius 1 is 1.00 bits per heavy atom. The van der Waals surface area contributed by atoms with Crippen molar-refractivity contribution in [1.82, 2.24) is 5.32 Å². The van der Waals surface area contributed by atoms with Crippen LogP contribution < -0.4 is 5.32 Å². The second-order valence-corrected chi connectivity index (χ2v) is 4.22. The monoisotopic (exact) mass is 267 g/mol. The van der Waals surface area contributed by atoms with Gasteiger partial charge in [-0.05, 0) is 25.0 Å². The first kappa shape index (κ1) is 16.1. The van der Waals surface area contributed by atoms with Crippen LogP contribution in [0.1, 0.15) is 25.0 Å². The molecule has 1 aromatic carbocycles. The van der Waals surface area contributed by atoms with E-state index < -0.39 is 0 Å². The van der Waals surface area contributed by atoms with Crippen molar-refractivity contribution in [2.45, 2.75) is 33.3 Å². The highest BCUT2D eigenvalue weighted by molar-refractivity contribution is 5.21. The smallest absolute Gasteiger partial charge is 0.169 e. The minimum atomic E-state index is -0.164. The highest BCUT2D eigenvalue weighted by atomic mass is 16.7. The molecule has 0 fully saturated rings. The Balaban J connectivity index is 2.30. The summed E-state index contributed by atoms with van der Waals surface area (Å²) < 4.78 is 16.0. The summed E-state index contributed by atoms with van der Waals surface area (Å²) in [5, 5.41) is 3.34. The molecule has 0 heterocycles. The van der Waals surface area contributed by atoms with Crippen LogP contribution in [0.4, 0.5) is 0 Å². The molecule has 0 aliphatic carbocycles. The largest absolute Gasteiger partial charge is 0.380 e. The van der Waals surface area contributed by atoms with Gasteiger partial charge in [0.15, 0.2) is 6.29 Å². The van der Waals surface area contributed by atoms with E-state index in [4.69, 9.17) is 14.2 Å². The highest BCUT2D eigenvalue weighted by Crippen LogP contribution is 2.05. The summed E-state index contributed by atoms with van der Waals surface area (Å²) in [7, 11) is 1.71. The first-order valence-electron chi connectivity index (χ1n) is 6.80. The zero-order valence-corrected chi connectivity index (χ0v) is 12.1. The second-order valence-electron chi connectivity index (χ2n) is 4.22. The summed E-state index contributed by atoms with van der Waals surface area (Å²) >= 11 is 0. The molecule has 0 radical (unpaired) electrons. The Morgan fingerprint density at radius 2 is 1.58 bits per heavy atom. The Kier molecular flexibility index (Phi) is 8.41. The van der Waals surface area contributed by atoms with Gasteiger partial charge in [-0.1, -0.05) is 24.3 Å². The number of rotatable bonds is 10. The summed E-state index contributed by atoms with van der Waals surface area (Å²) in [6.07, 6.45) is -0.164. The van der Waals surface area contributed by atoms with Crippen molar-refractivity contribution in [3.8, 4) is 0 Å². The van der Waals surface area contributed by atoms with Gasteiger partial charge in [-0.15, -0.1) is 0 Å². The van der Waals surface area contributed by atoms with Gasteiger partial charge < -0.3 is 19.5 Å². The molecule has 1 aromatic rings. The van der Waals surface area contributed by atoms with Crippen LogP contribution in [0.3, 0.4) is 0 Å². The Bertz CT molecular complexity index is 321. The third kappa shape index (κ3) is 6.68. The normalized spacial score (nSPS) is 11.2. The van der Waals surface area contributed by atoms with E-state index in [0.29, 0.717) is 26.4 Å². The summed E-state index contributed by atoms with van der Waals surface area (Å²) in [6.45, 7) is 7.44. The number of nitrogens with one attached hydrogen (secondary N) is 1. The third-order valence-electron chi connectivity index (χ3n) is 2.68. The lowest BCUT2D eigenvalue weighted by atomic mass is 10.1. The zero-order valence-electron chi connectivity index (χ0n) is 12.1. The predicted molar refractivity (Wildman–Crippen MR) is 75.9 cm³/mol. The van der Waals surface area contributed by atoms with Gasteiger partial charge in [-0.2, -0.15) is 0 Å². The maximum atomic E-state index is 5.47. The fourth-order valence-corrected chi connectivity index (χ4v) is 1.79. The Labute approximate surface area is 116 Å². The molecule has 0 aliphatic heterocycles. The van der Waals surface area contributed by atoms with E-state index in [0.717, 1.165) is 6.54 Å². The fourth-order valence-electron chi connectivity index (χ4n) is 1.79. The minimum Gasteiger partial charge on any atom is -0.380 e. The highest BCUT2D eigenvalue weighted by Gasteiger charge is 2.06. The van der Waals surface area contributed by atoms with Crippen molar-refractivity contribution >= 4 is 0 Å². The van der Waals surface area contributed by atoms with Gasteiger partial charge in [0.1, 0.15) is 0 Å². The van der Waals surface area contributed by atoms with Gasteiger partial charge in [0, 0.05) is 33.4 Å². The van der Waals surface area contributed by atoms with Gasteiger partial charge in [-0.3, -0.25) is 0 Å². The van der Waals surface area contributed by atoms with Gasteiger partial charge in [0.05, 0.1) is 6.61 Å². The van der Waals surface area contributed by atoms with Crippen molar-refractivity contribution in [2.75, 3.05) is 26.9 Å². The first-order valence-corrected chi connectivity index (χ1v) is 6.80. The van der Waals surface area contributed by atoms with Crippen LogP contribution in [0.2, 0.25) is 0 Å². The lowest BCUT2D eigenvalue weighted by Gasteiger charge is -2.17. The summed E-state index contributed by atoms with van der Waals surface area (Å²) in [5.74, 6) is 0. The number of ether oxygens (including phenoxy) is 3. The molecule has 0 saturated heterocycles. The molecule has 0 unspecified atom stereocenters. The molecular weight excluding hydrogens is 242 g/mol. The lowest BCUT2D eigenvalue weighted by Crippen LogP contribution is -2.31. The molecule has 1 rings (SSSR count). The zero-order chi connectivity index (χ0) is 13.9. The minimum absolute atomic E-state index is 0.164. The van der Waals surface area contributed by atoms with Gasteiger partial charge in [0.25, 0.3) is 0 Å². The molecular formula is C15H25NO3. The maximum Gasteiger partial charge on any atom is 0.169 e. The Hall–Kier alpha value is -0.940. The summed E-state index contributed by atoms with van der Waals surface area (Å²) in [4.78, 5) is 0. The van der Waals surface area contributed by atoms with E-state index >= 15 is 0 Å². The van der Waals surface area contributed by atoms with Crippen LogP contribution in [-0.4, -0.2) is 33.2 Å². The topological polar surface area (TPSA) is 39.7 Å². The predicted octanol–water partition coefficient (Wildman–Crippen LogP) is 2.32. The average Bonchev–Trinajstić information content (AvgIpc) is 2.41. The molecule has 0 saturated carbocycles. The molecule has 0 atom stereocenters. The van der Waals surface area contributed by atoms with Crippen molar-refractivity contribution in [1.29, 1.82) is 0 Å². The van der Waals surface area contributed by atoms with Crippen LogP contribution in [0.15, 0.2) is 24.3 Å². The number of methoxy groups -OCH3 is 1. The van der Waals surface area contributed by atoms with Gasteiger partial charge in [-0.25, -0.2) is 0 Å². The summed E-state index contributed by atoms with van der Waals surface area (Å²) in [5.41, 5.74) is 2.43. The van der Waals surface area contributed by atoms with E-state index in [1.54, 1.807) is 7.11 Å². The van der Waals surface area contributed by atoms with E-state index in [1.165, 1.54) is 11.1 Å². The molecule has 0 amide bonds. The molecule has 0 bridgehead atoms. The molecule has 0 aliphatic rings. The fraction of sp³-hybridized carbons (Fsp3) is 0.600. The first-order chi connectivity index (χ1) is 9.30. The SMILES string of the molecule is CCOC(CNCc1ccc(COC)cc1)OCC. The van der Waals surface area contributed by atoms with Crippen LogP contribution in [-0.2, 0) is 27.4 Å². The molecule has 19 heavy (non-hydrogen) atoms. The van der Waals surface area contributed by atoms with E-state index in [1.807, 2.05) is 13.8 Å². The van der Waals surface area contributed by atoms with Crippen LogP contribution in [0.25, 0.3) is 0 Å². The second kappa shape index (κ2) is 9.92. The third-order valence-corrected chi connectivity index (χ3v) is 2.68. The van der Waals surface area contributed by atoms with E-state index in [2.05, 4.69) is 29.6 Å². The van der Waals surface area contributed by atoms with Crippen molar-refractivity contribution < 1.29 is 14.2 Å². The summed E-state index contributed by atoms with van der Waals surface area (Å²) in [6, 6.07) is 8.39. The number of benzene rings is 1. The van der Waals surface area contributed by atoms with Crippen molar-refractivity contribution in [3.63, 3.8) is 0 Å². The van der Waals surface area contributed by atoms with Gasteiger partial charge >= 0.3 is 0 Å². The van der Waals surface area contributed by atoms with Crippen LogP contribution in [0.5, 0.6) is 0 Å². The van der Waals surface area contributed by atoms with Gasteiger partial charge in [0.2, 0.25) is 0 Å². The van der Waals surface area contributed by atoms with E-state index in [-0.39, 0.29) is 6.29 Å². The molecule has 108 valence electrons. The Morgan fingerprint density at radius 3 is 2.11 bits per heavy atom. The molecule has 0 spiro atoms. The standard InChI is InChI=1S/C15H25NO3/c1-4-18-15(19-5-2)11-16-10-13-6-8-14(9-7-13)12-17-3/h6-9,15-16H,4-5,10-12H2,1-3H3. The molecule has 4 heteroatoms.